The lowest BCUT2D eigenvalue weighted by Gasteiger charge is -2.11. The molecule has 0 fully saturated rings. The first-order chi connectivity index (χ1) is 7.68. The fourth-order valence-corrected chi connectivity index (χ4v) is 2.55. The van der Waals surface area contributed by atoms with E-state index < -0.39 is 6.10 Å². The van der Waals surface area contributed by atoms with Crippen LogP contribution in [0.15, 0.2) is 29.9 Å². The number of rotatable bonds is 3. The fraction of sp³-hybridized carbons (Fsp3) is 0.250. The predicted octanol–water partition coefficient (Wildman–Crippen LogP) is 2.31. The number of aromatic nitrogens is 1. The average molecular weight is 234 g/mol. The summed E-state index contributed by atoms with van der Waals surface area (Å²) in [6, 6.07) is 3.76. The van der Waals surface area contributed by atoms with Crippen LogP contribution in [0.5, 0.6) is 0 Å². The van der Waals surface area contributed by atoms with E-state index in [1.807, 2.05) is 18.4 Å². The molecule has 2 aromatic heterocycles. The van der Waals surface area contributed by atoms with Gasteiger partial charge in [0.25, 0.3) is 0 Å². The number of hydrogen-bond acceptors (Lipinski definition) is 4. The van der Waals surface area contributed by atoms with E-state index in [1.165, 1.54) is 0 Å². The van der Waals surface area contributed by atoms with Gasteiger partial charge in [-0.25, -0.2) is 0 Å². The highest BCUT2D eigenvalue weighted by atomic mass is 32.1. The molecule has 0 aromatic carbocycles. The number of anilines is 1. The van der Waals surface area contributed by atoms with Crippen molar-refractivity contribution in [3.63, 3.8) is 0 Å². The Balaban J connectivity index is 2.17. The van der Waals surface area contributed by atoms with Gasteiger partial charge in [0.2, 0.25) is 0 Å². The van der Waals surface area contributed by atoms with Gasteiger partial charge in [-0.1, -0.05) is 0 Å². The van der Waals surface area contributed by atoms with Gasteiger partial charge >= 0.3 is 0 Å². The van der Waals surface area contributed by atoms with E-state index in [2.05, 4.69) is 4.98 Å². The van der Waals surface area contributed by atoms with Crippen molar-refractivity contribution in [2.75, 3.05) is 5.73 Å². The predicted molar refractivity (Wildman–Crippen MR) is 66.4 cm³/mol. The summed E-state index contributed by atoms with van der Waals surface area (Å²) in [6.07, 6.45) is 3.39. The second-order valence-electron chi connectivity index (χ2n) is 3.76. The third kappa shape index (κ3) is 2.23. The fourth-order valence-electron chi connectivity index (χ4n) is 1.64. The minimum atomic E-state index is -0.494. The van der Waals surface area contributed by atoms with E-state index in [1.54, 1.807) is 29.8 Å². The van der Waals surface area contributed by atoms with Crippen LogP contribution in [0.4, 0.5) is 5.69 Å². The van der Waals surface area contributed by atoms with Crippen molar-refractivity contribution in [1.29, 1.82) is 0 Å². The maximum absolute atomic E-state index is 10.1. The Morgan fingerprint density at radius 3 is 2.94 bits per heavy atom. The van der Waals surface area contributed by atoms with Gasteiger partial charge in [-0.3, -0.25) is 4.98 Å². The molecule has 2 heterocycles. The lowest BCUT2D eigenvalue weighted by Crippen LogP contribution is -2.04. The van der Waals surface area contributed by atoms with Crippen molar-refractivity contribution < 1.29 is 5.11 Å². The molecule has 0 saturated heterocycles. The highest BCUT2D eigenvalue weighted by Crippen LogP contribution is 2.27. The highest BCUT2D eigenvalue weighted by Gasteiger charge is 2.13. The molecule has 3 nitrogen and oxygen atoms in total. The van der Waals surface area contributed by atoms with Gasteiger partial charge in [-0.05, 0) is 35.6 Å². The number of nitrogen functional groups attached to an aromatic ring is 1. The molecule has 0 radical (unpaired) electrons. The maximum Gasteiger partial charge on any atom is 0.0926 e. The summed E-state index contributed by atoms with van der Waals surface area (Å²) in [5.41, 5.74) is 8.51. The standard InChI is InChI=1S/C12H14N2OS/c1-8-3-5-16-12(8)11(15)6-9-7-14-4-2-10(9)13/h2-5,7,11,15H,6H2,1H3,(H2,13,14). The molecule has 0 aliphatic rings. The van der Waals surface area contributed by atoms with Crippen molar-refractivity contribution in [1.82, 2.24) is 4.98 Å². The maximum atomic E-state index is 10.1. The molecule has 0 spiro atoms. The zero-order chi connectivity index (χ0) is 11.5. The minimum absolute atomic E-state index is 0.494. The molecular weight excluding hydrogens is 220 g/mol. The normalized spacial score (nSPS) is 12.6. The lowest BCUT2D eigenvalue weighted by atomic mass is 10.1. The van der Waals surface area contributed by atoms with Gasteiger partial charge < -0.3 is 10.8 Å². The van der Waals surface area contributed by atoms with Crippen LogP contribution in [0.25, 0.3) is 0 Å². The van der Waals surface area contributed by atoms with Gasteiger partial charge in [0.15, 0.2) is 0 Å². The smallest absolute Gasteiger partial charge is 0.0926 e. The van der Waals surface area contributed by atoms with E-state index in [9.17, 15) is 5.11 Å². The number of aliphatic hydroxyl groups is 1. The molecule has 0 aliphatic heterocycles. The van der Waals surface area contributed by atoms with Crippen LogP contribution < -0.4 is 5.73 Å². The van der Waals surface area contributed by atoms with E-state index in [-0.39, 0.29) is 0 Å². The summed E-state index contributed by atoms with van der Waals surface area (Å²) < 4.78 is 0. The van der Waals surface area contributed by atoms with Crippen LogP contribution in [-0.4, -0.2) is 10.1 Å². The van der Waals surface area contributed by atoms with Gasteiger partial charge in [0, 0.05) is 29.4 Å². The Labute approximate surface area is 98.6 Å². The van der Waals surface area contributed by atoms with Gasteiger partial charge in [0.1, 0.15) is 0 Å². The number of aliphatic hydroxyl groups excluding tert-OH is 1. The Morgan fingerprint density at radius 2 is 2.31 bits per heavy atom. The van der Waals surface area contributed by atoms with Crippen LogP contribution >= 0.6 is 11.3 Å². The second-order valence-corrected chi connectivity index (χ2v) is 4.71. The first-order valence-corrected chi connectivity index (χ1v) is 5.97. The van der Waals surface area contributed by atoms with Crippen LogP contribution in [0.3, 0.4) is 0 Å². The molecule has 0 saturated carbocycles. The van der Waals surface area contributed by atoms with E-state index in [4.69, 9.17) is 5.73 Å². The number of nitrogens with two attached hydrogens (primary N) is 1. The molecule has 84 valence electrons. The Hall–Kier alpha value is -1.39. The Morgan fingerprint density at radius 1 is 1.50 bits per heavy atom. The molecule has 2 aromatic rings. The monoisotopic (exact) mass is 234 g/mol. The van der Waals surface area contributed by atoms with Crippen molar-refractivity contribution in [3.8, 4) is 0 Å². The van der Waals surface area contributed by atoms with Gasteiger partial charge in [-0.2, -0.15) is 0 Å². The lowest BCUT2D eigenvalue weighted by molar-refractivity contribution is 0.181. The molecule has 0 amide bonds. The first kappa shape index (κ1) is 11.1. The molecule has 1 unspecified atom stereocenters. The highest BCUT2D eigenvalue weighted by molar-refractivity contribution is 7.10. The van der Waals surface area contributed by atoms with Crippen LogP contribution in [0.1, 0.15) is 22.1 Å². The number of thiophene rings is 1. The van der Waals surface area contributed by atoms with Crippen molar-refractivity contribution >= 4 is 17.0 Å². The van der Waals surface area contributed by atoms with Crippen molar-refractivity contribution in [3.05, 3.63) is 45.9 Å². The molecule has 16 heavy (non-hydrogen) atoms. The summed E-state index contributed by atoms with van der Waals surface area (Å²) in [4.78, 5) is 5.02. The summed E-state index contributed by atoms with van der Waals surface area (Å²) in [5.74, 6) is 0. The molecule has 0 bridgehead atoms. The molecular formula is C12H14N2OS. The molecule has 2 rings (SSSR count). The quantitative estimate of drug-likeness (QED) is 0.856. The molecule has 4 heteroatoms. The average Bonchev–Trinajstić information content (AvgIpc) is 2.68. The summed E-state index contributed by atoms with van der Waals surface area (Å²) in [6.45, 7) is 2.00. The topological polar surface area (TPSA) is 59.1 Å². The minimum Gasteiger partial charge on any atom is -0.398 e. The van der Waals surface area contributed by atoms with E-state index in [0.717, 1.165) is 16.0 Å². The van der Waals surface area contributed by atoms with Crippen LogP contribution in [-0.2, 0) is 6.42 Å². The zero-order valence-corrected chi connectivity index (χ0v) is 9.87. The van der Waals surface area contributed by atoms with E-state index >= 15 is 0 Å². The number of pyridine rings is 1. The third-order valence-corrected chi connectivity index (χ3v) is 3.68. The SMILES string of the molecule is Cc1ccsc1C(O)Cc1cnccc1N. The summed E-state index contributed by atoms with van der Waals surface area (Å²) >= 11 is 1.57. The summed E-state index contributed by atoms with van der Waals surface area (Å²) in [5, 5.41) is 12.1. The Bertz CT molecular complexity index is 481. The van der Waals surface area contributed by atoms with E-state index in [0.29, 0.717) is 12.1 Å². The Kier molecular flexibility index (Phi) is 3.22. The van der Waals surface area contributed by atoms with Crippen LogP contribution in [0.2, 0.25) is 0 Å². The van der Waals surface area contributed by atoms with Gasteiger partial charge in [-0.15, -0.1) is 11.3 Å². The van der Waals surface area contributed by atoms with Crippen molar-refractivity contribution in [2.45, 2.75) is 19.4 Å². The summed E-state index contributed by atoms with van der Waals surface area (Å²) in [7, 11) is 0. The zero-order valence-electron chi connectivity index (χ0n) is 9.05. The van der Waals surface area contributed by atoms with Crippen molar-refractivity contribution in [2.24, 2.45) is 0 Å². The third-order valence-electron chi connectivity index (χ3n) is 2.56. The number of hydrogen-bond donors (Lipinski definition) is 2. The number of nitrogens with zero attached hydrogens (tertiary/aromatic N) is 1. The molecule has 1 atom stereocenters. The van der Waals surface area contributed by atoms with Gasteiger partial charge in [0.05, 0.1) is 6.10 Å². The second kappa shape index (κ2) is 4.63. The first-order valence-electron chi connectivity index (χ1n) is 5.09. The number of aryl methyl sites for hydroxylation is 1. The van der Waals surface area contributed by atoms with Crippen LogP contribution in [0, 0.1) is 6.92 Å². The largest absolute Gasteiger partial charge is 0.398 e. The molecule has 0 aliphatic carbocycles. The molecule has 3 N–H and O–H groups in total.